The molecule has 0 aromatic carbocycles. The van der Waals surface area contributed by atoms with Crippen molar-refractivity contribution in [2.45, 2.75) is 25.5 Å². The molecule has 0 amide bonds. The number of pyridine rings is 1. The number of hydrogen-bond acceptors (Lipinski definition) is 4. The molecule has 0 spiro atoms. The molecule has 1 aromatic heterocycles. The van der Waals surface area contributed by atoms with Crippen LogP contribution in [0.4, 0.5) is 14.6 Å². The number of anilines is 1. The maximum Gasteiger partial charge on any atom is 0.387 e. The topological polar surface area (TPSA) is 62.7 Å². The normalized spacial score (nSPS) is 19.3. The first-order chi connectivity index (χ1) is 8.58. The molecule has 98 valence electrons. The number of carboxylic acid groups (broad SMARTS) is 1. The van der Waals surface area contributed by atoms with E-state index >= 15 is 0 Å². The summed E-state index contributed by atoms with van der Waals surface area (Å²) in [5, 5.41) is 9.03. The van der Waals surface area contributed by atoms with E-state index in [1.165, 1.54) is 18.3 Å². The van der Waals surface area contributed by atoms with Crippen LogP contribution < -0.4 is 9.64 Å². The first kappa shape index (κ1) is 12.5. The van der Waals surface area contributed by atoms with E-state index in [1.54, 1.807) is 4.90 Å². The fourth-order valence-electron chi connectivity index (χ4n) is 2.01. The van der Waals surface area contributed by atoms with Crippen molar-refractivity contribution < 1.29 is 23.4 Å². The molecule has 18 heavy (non-hydrogen) atoms. The smallest absolute Gasteiger partial charge is 0.387 e. The molecule has 1 atom stereocenters. The van der Waals surface area contributed by atoms with E-state index in [0.717, 1.165) is 6.42 Å². The third-order valence-electron chi connectivity index (χ3n) is 2.78. The van der Waals surface area contributed by atoms with Crippen molar-refractivity contribution in [3.8, 4) is 5.75 Å². The SMILES string of the molecule is O=C(O)[C@H]1CCCN1c1ccc(OC(F)F)cn1. The summed E-state index contributed by atoms with van der Waals surface area (Å²) in [4.78, 5) is 16.6. The highest BCUT2D eigenvalue weighted by atomic mass is 19.3. The van der Waals surface area contributed by atoms with Crippen molar-refractivity contribution in [2.75, 3.05) is 11.4 Å². The van der Waals surface area contributed by atoms with Crippen molar-refractivity contribution >= 4 is 11.8 Å². The Labute approximate surface area is 102 Å². The van der Waals surface area contributed by atoms with Crippen LogP contribution in [-0.4, -0.2) is 35.3 Å². The van der Waals surface area contributed by atoms with Crippen LogP contribution >= 0.6 is 0 Å². The lowest BCUT2D eigenvalue weighted by molar-refractivity contribution is -0.138. The Hall–Kier alpha value is -1.92. The summed E-state index contributed by atoms with van der Waals surface area (Å²) in [5.41, 5.74) is 0. The van der Waals surface area contributed by atoms with Crippen LogP contribution in [0.25, 0.3) is 0 Å². The third-order valence-corrected chi connectivity index (χ3v) is 2.78. The number of alkyl halides is 2. The van der Waals surface area contributed by atoms with Crippen molar-refractivity contribution in [1.29, 1.82) is 0 Å². The van der Waals surface area contributed by atoms with Crippen LogP contribution in [0.15, 0.2) is 18.3 Å². The summed E-state index contributed by atoms with van der Waals surface area (Å²) < 4.78 is 28.1. The fraction of sp³-hybridized carbons (Fsp3) is 0.455. The molecule has 0 aliphatic carbocycles. The van der Waals surface area contributed by atoms with E-state index in [0.29, 0.717) is 18.8 Å². The molecule has 5 nitrogen and oxygen atoms in total. The van der Waals surface area contributed by atoms with E-state index in [4.69, 9.17) is 5.11 Å². The number of halogens is 2. The molecule has 0 radical (unpaired) electrons. The average molecular weight is 258 g/mol. The minimum absolute atomic E-state index is 0.0418. The van der Waals surface area contributed by atoms with E-state index < -0.39 is 18.6 Å². The Bertz CT molecular complexity index is 425. The first-order valence-electron chi connectivity index (χ1n) is 5.48. The van der Waals surface area contributed by atoms with Gasteiger partial charge in [-0.2, -0.15) is 8.78 Å². The van der Waals surface area contributed by atoms with Crippen molar-refractivity contribution in [1.82, 2.24) is 4.98 Å². The highest BCUT2D eigenvalue weighted by Crippen LogP contribution is 2.25. The average Bonchev–Trinajstić information content (AvgIpc) is 2.78. The molecular weight excluding hydrogens is 246 g/mol. The minimum Gasteiger partial charge on any atom is -0.480 e. The second-order valence-corrected chi connectivity index (χ2v) is 3.92. The predicted molar refractivity (Wildman–Crippen MR) is 58.9 cm³/mol. The number of carboxylic acids is 1. The fourth-order valence-corrected chi connectivity index (χ4v) is 2.01. The summed E-state index contributed by atoms with van der Waals surface area (Å²) in [6.07, 6.45) is 2.50. The van der Waals surface area contributed by atoms with Gasteiger partial charge in [0.1, 0.15) is 17.6 Å². The number of nitrogens with zero attached hydrogens (tertiary/aromatic N) is 2. The Morgan fingerprint density at radius 1 is 1.56 bits per heavy atom. The minimum atomic E-state index is -2.89. The van der Waals surface area contributed by atoms with Crippen LogP contribution in [0.2, 0.25) is 0 Å². The number of aliphatic carboxylic acids is 1. The van der Waals surface area contributed by atoms with Gasteiger partial charge in [0.25, 0.3) is 0 Å². The second kappa shape index (κ2) is 5.16. The van der Waals surface area contributed by atoms with E-state index in [2.05, 4.69) is 9.72 Å². The molecule has 1 aromatic rings. The van der Waals surface area contributed by atoms with Gasteiger partial charge in [-0.3, -0.25) is 0 Å². The van der Waals surface area contributed by atoms with Gasteiger partial charge < -0.3 is 14.7 Å². The third kappa shape index (κ3) is 2.66. The van der Waals surface area contributed by atoms with Gasteiger partial charge in [-0.15, -0.1) is 0 Å². The summed E-state index contributed by atoms with van der Waals surface area (Å²) in [6.45, 7) is -2.30. The molecule has 7 heteroatoms. The molecule has 1 fully saturated rings. The first-order valence-corrected chi connectivity index (χ1v) is 5.48. The van der Waals surface area contributed by atoms with Crippen LogP contribution in [0.5, 0.6) is 5.75 Å². The van der Waals surface area contributed by atoms with E-state index in [-0.39, 0.29) is 5.75 Å². The van der Waals surface area contributed by atoms with Gasteiger partial charge in [0.05, 0.1) is 6.20 Å². The van der Waals surface area contributed by atoms with Gasteiger partial charge in [-0.1, -0.05) is 0 Å². The highest BCUT2D eigenvalue weighted by Gasteiger charge is 2.31. The number of aromatic nitrogens is 1. The number of ether oxygens (including phenoxy) is 1. The monoisotopic (exact) mass is 258 g/mol. The summed E-state index contributed by atoms with van der Waals surface area (Å²) >= 11 is 0. The zero-order valence-corrected chi connectivity index (χ0v) is 9.42. The van der Waals surface area contributed by atoms with E-state index in [9.17, 15) is 13.6 Å². The number of carbonyl (C=O) groups is 1. The maximum atomic E-state index is 12.0. The second-order valence-electron chi connectivity index (χ2n) is 3.92. The molecule has 1 saturated heterocycles. The Kier molecular flexibility index (Phi) is 3.59. The van der Waals surface area contributed by atoms with Gasteiger partial charge >= 0.3 is 12.6 Å². The zero-order valence-electron chi connectivity index (χ0n) is 9.42. The van der Waals surface area contributed by atoms with Gasteiger partial charge in [-0.05, 0) is 25.0 Å². The van der Waals surface area contributed by atoms with Gasteiger partial charge in [0, 0.05) is 6.54 Å². The molecule has 2 rings (SSSR count). The van der Waals surface area contributed by atoms with Gasteiger partial charge in [-0.25, -0.2) is 9.78 Å². The maximum absolute atomic E-state index is 12.0. The van der Waals surface area contributed by atoms with E-state index in [1.807, 2.05) is 0 Å². The quantitative estimate of drug-likeness (QED) is 0.891. The molecule has 1 N–H and O–H groups in total. The Morgan fingerprint density at radius 3 is 2.89 bits per heavy atom. The van der Waals surface area contributed by atoms with Crippen molar-refractivity contribution in [2.24, 2.45) is 0 Å². The summed E-state index contributed by atoms with van der Waals surface area (Å²) in [7, 11) is 0. The largest absolute Gasteiger partial charge is 0.480 e. The van der Waals surface area contributed by atoms with Crippen molar-refractivity contribution in [3.63, 3.8) is 0 Å². The lowest BCUT2D eigenvalue weighted by Crippen LogP contribution is -2.36. The summed E-state index contributed by atoms with van der Waals surface area (Å²) in [5.74, 6) is -0.483. The molecule has 1 aliphatic heterocycles. The standard InChI is InChI=1S/C11H12F2N2O3/c12-11(13)18-7-3-4-9(14-6-7)15-5-1-2-8(15)10(16)17/h3-4,6,8,11H,1-2,5H2,(H,16,17)/t8-/m1/s1. The van der Waals surface area contributed by atoms with Crippen molar-refractivity contribution in [3.05, 3.63) is 18.3 Å². The van der Waals surface area contributed by atoms with Gasteiger partial charge in [0.2, 0.25) is 0 Å². The molecule has 0 saturated carbocycles. The zero-order chi connectivity index (χ0) is 13.1. The number of hydrogen-bond donors (Lipinski definition) is 1. The van der Waals surface area contributed by atoms with Crippen LogP contribution in [0.3, 0.4) is 0 Å². The molecular formula is C11H12F2N2O3. The van der Waals surface area contributed by atoms with Crippen LogP contribution in [0, 0.1) is 0 Å². The molecule has 1 aliphatic rings. The van der Waals surface area contributed by atoms with Gasteiger partial charge in [0.15, 0.2) is 0 Å². The predicted octanol–water partition coefficient (Wildman–Crippen LogP) is 1.74. The molecule has 0 bridgehead atoms. The molecule has 2 heterocycles. The summed E-state index contributed by atoms with van der Waals surface area (Å²) in [6, 6.07) is 2.24. The van der Waals surface area contributed by atoms with Crippen LogP contribution in [0.1, 0.15) is 12.8 Å². The number of rotatable bonds is 4. The lowest BCUT2D eigenvalue weighted by atomic mass is 10.2. The Morgan fingerprint density at radius 2 is 2.33 bits per heavy atom. The lowest BCUT2D eigenvalue weighted by Gasteiger charge is -2.22. The highest BCUT2D eigenvalue weighted by molar-refractivity contribution is 5.78. The van der Waals surface area contributed by atoms with Crippen LogP contribution in [-0.2, 0) is 4.79 Å². The molecule has 0 unspecified atom stereocenters. The Balaban J connectivity index is 2.11.